The van der Waals surface area contributed by atoms with Crippen molar-refractivity contribution in [3.63, 3.8) is 0 Å². The quantitative estimate of drug-likeness (QED) is 0.426. The van der Waals surface area contributed by atoms with E-state index in [1.165, 1.54) is 22.8 Å². The molecule has 4 aromatic rings. The molecule has 4 rings (SSSR count). The molecule has 0 aliphatic heterocycles. The molecule has 0 aliphatic carbocycles. The lowest BCUT2D eigenvalue weighted by molar-refractivity contribution is 0.102. The van der Waals surface area contributed by atoms with Crippen LogP contribution in [-0.2, 0) is 0 Å². The minimum Gasteiger partial charge on any atom is -0.298 e. The molecule has 3 aromatic carbocycles. The van der Waals surface area contributed by atoms with E-state index in [9.17, 15) is 4.79 Å². The number of carbonyl (C=O) groups is 1. The van der Waals surface area contributed by atoms with E-state index in [0.29, 0.717) is 20.7 Å². The number of hydrogen-bond acceptors (Lipinski definition) is 3. The normalized spacial score (nSPS) is 10.8. The average Bonchev–Trinajstić information content (AvgIpc) is 3.12. The zero-order valence-corrected chi connectivity index (χ0v) is 15.7. The van der Waals surface area contributed by atoms with Crippen LogP contribution in [0.25, 0.3) is 22.0 Å². The molecule has 26 heavy (non-hydrogen) atoms. The summed E-state index contributed by atoms with van der Waals surface area (Å²) in [4.78, 5) is 16.9. The van der Waals surface area contributed by atoms with Gasteiger partial charge in [0.15, 0.2) is 5.13 Å². The van der Waals surface area contributed by atoms with Crippen LogP contribution in [0.15, 0.2) is 66.0 Å². The smallest absolute Gasteiger partial charge is 0.257 e. The van der Waals surface area contributed by atoms with Gasteiger partial charge in [-0.25, -0.2) is 4.98 Å². The molecule has 1 amide bonds. The Bertz CT molecular complexity index is 1120. The first-order valence-corrected chi connectivity index (χ1v) is 9.45. The number of thiazole rings is 1. The van der Waals surface area contributed by atoms with Crippen molar-refractivity contribution >= 4 is 56.3 Å². The maximum absolute atomic E-state index is 12.4. The molecule has 6 heteroatoms. The summed E-state index contributed by atoms with van der Waals surface area (Å²) in [7, 11) is 0. The van der Waals surface area contributed by atoms with E-state index in [4.69, 9.17) is 23.2 Å². The van der Waals surface area contributed by atoms with Crippen LogP contribution in [-0.4, -0.2) is 10.9 Å². The second-order valence-corrected chi connectivity index (χ2v) is 7.36. The van der Waals surface area contributed by atoms with Gasteiger partial charge in [0.25, 0.3) is 5.91 Å². The first-order chi connectivity index (χ1) is 12.6. The van der Waals surface area contributed by atoms with Gasteiger partial charge in [-0.3, -0.25) is 10.1 Å². The Balaban J connectivity index is 1.57. The van der Waals surface area contributed by atoms with Crippen molar-refractivity contribution in [2.24, 2.45) is 0 Å². The lowest BCUT2D eigenvalue weighted by Gasteiger charge is -2.03. The Kier molecular flexibility index (Phi) is 4.64. The second kappa shape index (κ2) is 7.08. The maximum Gasteiger partial charge on any atom is 0.257 e. The number of fused-ring (bicyclic) bond motifs is 1. The standard InChI is InChI=1S/C20H12Cl2N2OS/c21-16-8-7-15(10-17(16)22)19(25)24-20-23-18(11-26-20)14-6-5-12-3-1-2-4-13(12)9-14/h1-11H,(H,23,24,25). The van der Waals surface area contributed by atoms with Crippen LogP contribution in [0, 0.1) is 0 Å². The minimum absolute atomic E-state index is 0.275. The predicted octanol–water partition coefficient (Wildman–Crippen LogP) is 6.52. The summed E-state index contributed by atoms with van der Waals surface area (Å²) in [5.74, 6) is -0.275. The third kappa shape index (κ3) is 3.44. The van der Waals surface area contributed by atoms with Gasteiger partial charge in [-0.15, -0.1) is 11.3 Å². The fourth-order valence-electron chi connectivity index (χ4n) is 2.62. The van der Waals surface area contributed by atoms with Crippen LogP contribution in [0.3, 0.4) is 0 Å². The van der Waals surface area contributed by atoms with Gasteiger partial charge in [0.1, 0.15) is 0 Å². The molecule has 1 heterocycles. The molecule has 0 fully saturated rings. The number of carbonyl (C=O) groups excluding carboxylic acids is 1. The number of rotatable bonds is 3. The fraction of sp³-hybridized carbons (Fsp3) is 0. The van der Waals surface area contributed by atoms with E-state index in [1.54, 1.807) is 12.1 Å². The van der Waals surface area contributed by atoms with Crippen molar-refractivity contribution in [3.05, 3.63) is 81.7 Å². The van der Waals surface area contributed by atoms with Crippen molar-refractivity contribution in [1.82, 2.24) is 4.98 Å². The summed E-state index contributed by atoms with van der Waals surface area (Å²) >= 11 is 13.2. The number of anilines is 1. The van der Waals surface area contributed by atoms with E-state index >= 15 is 0 Å². The highest BCUT2D eigenvalue weighted by Crippen LogP contribution is 2.28. The molecule has 0 bridgehead atoms. The molecular weight excluding hydrogens is 387 g/mol. The number of nitrogens with zero attached hydrogens (tertiary/aromatic N) is 1. The average molecular weight is 399 g/mol. The Morgan fingerprint density at radius 2 is 1.73 bits per heavy atom. The second-order valence-electron chi connectivity index (χ2n) is 5.68. The van der Waals surface area contributed by atoms with Crippen LogP contribution < -0.4 is 5.32 Å². The number of halogens is 2. The van der Waals surface area contributed by atoms with Crippen LogP contribution in [0.5, 0.6) is 0 Å². The van der Waals surface area contributed by atoms with Gasteiger partial charge >= 0.3 is 0 Å². The van der Waals surface area contributed by atoms with Gasteiger partial charge in [0.05, 0.1) is 15.7 Å². The predicted molar refractivity (Wildman–Crippen MR) is 109 cm³/mol. The molecule has 0 radical (unpaired) electrons. The van der Waals surface area contributed by atoms with E-state index < -0.39 is 0 Å². The van der Waals surface area contributed by atoms with Crippen molar-refractivity contribution in [2.45, 2.75) is 0 Å². The van der Waals surface area contributed by atoms with Gasteiger partial charge in [-0.2, -0.15) is 0 Å². The molecule has 0 spiro atoms. The van der Waals surface area contributed by atoms with Gasteiger partial charge in [0, 0.05) is 16.5 Å². The summed E-state index contributed by atoms with van der Waals surface area (Å²) in [6.45, 7) is 0. The van der Waals surface area contributed by atoms with E-state index in [2.05, 4.69) is 34.6 Å². The van der Waals surface area contributed by atoms with Gasteiger partial charge in [0.2, 0.25) is 0 Å². The fourth-order valence-corrected chi connectivity index (χ4v) is 3.63. The van der Waals surface area contributed by atoms with Gasteiger partial charge in [-0.1, -0.05) is 59.6 Å². The van der Waals surface area contributed by atoms with Crippen molar-refractivity contribution in [1.29, 1.82) is 0 Å². The minimum atomic E-state index is -0.275. The Morgan fingerprint density at radius 3 is 2.54 bits per heavy atom. The molecule has 1 aromatic heterocycles. The SMILES string of the molecule is O=C(Nc1nc(-c2ccc3ccccc3c2)cs1)c1ccc(Cl)c(Cl)c1. The monoisotopic (exact) mass is 398 g/mol. The Morgan fingerprint density at radius 1 is 0.923 bits per heavy atom. The Labute approximate surface area is 164 Å². The summed E-state index contributed by atoms with van der Waals surface area (Å²) < 4.78 is 0. The van der Waals surface area contributed by atoms with E-state index in [1.807, 2.05) is 23.6 Å². The summed E-state index contributed by atoms with van der Waals surface area (Å²) in [5.41, 5.74) is 2.27. The highest BCUT2D eigenvalue weighted by atomic mass is 35.5. The van der Waals surface area contributed by atoms with Gasteiger partial charge < -0.3 is 0 Å². The zero-order valence-electron chi connectivity index (χ0n) is 13.4. The van der Waals surface area contributed by atoms with Crippen molar-refractivity contribution in [2.75, 3.05) is 5.32 Å². The third-order valence-electron chi connectivity index (χ3n) is 3.95. The Hall–Kier alpha value is -2.40. The number of amides is 1. The largest absolute Gasteiger partial charge is 0.298 e. The van der Waals surface area contributed by atoms with Crippen molar-refractivity contribution < 1.29 is 4.79 Å². The number of nitrogens with one attached hydrogen (secondary N) is 1. The van der Waals surface area contributed by atoms with Crippen LogP contribution in [0.2, 0.25) is 10.0 Å². The zero-order chi connectivity index (χ0) is 18.1. The molecule has 128 valence electrons. The third-order valence-corrected chi connectivity index (χ3v) is 5.45. The molecule has 0 unspecified atom stereocenters. The molecule has 3 nitrogen and oxygen atoms in total. The maximum atomic E-state index is 12.4. The van der Waals surface area contributed by atoms with E-state index in [0.717, 1.165) is 16.6 Å². The summed E-state index contributed by atoms with van der Waals surface area (Å²) in [6, 6.07) is 19.1. The summed E-state index contributed by atoms with van der Waals surface area (Å²) in [6.07, 6.45) is 0. The highest BCUT2D eigenvalue weighted by molar-refractivity contribution is 7.14. The lowest BCUT2D eigenvalue weighted by Crippen LogP contribution is -2.11. The molecule has 1 N–H and O–H groups in total. The molecule has 0 aliphatic rings. The van der Waals surface area contributed by atoms with Crippen LogP contribution in [0.4, 0.5) is 5.13 Å². The molecular formula is C20H12Cl2N2OS. The number of hydrogen-bond donors (Lipinski definition) is 1. The van der Waals surface area contributed by atoms with Crippen LogP contribution >= 0.6 is 34.5 Å². The topological polar surface area (TPSA) is 42.0 Å². The summed E-state index contributed by atoms with van der Waals surface area (Å²) in [5, 5.41) is 8.34. The molecule has 0 atom stereocenters. The lowest BCUT2D eigenvalue weighted by atomic mass is 10.1. The highest BCUT2D eigenvalue weighted by Gasteiger charge is 2.12. The number of benzene rings is 3. The number of aromatic nitrogens is 1. The van der Waals surface area contributed by atoms with E-state index in [-0.39, 0.29) is 5.91 Å². The first-order valence-electron chi connectivity index (χ1n) is 7.81. The van der Waals surface area contributed by atoms with Crippen molar-refractivity contribution in [3.8, 4) is 11.3 Å². The molecule has 0 saturated carbocycles. The van der Waals surface area contributed by atoms with Gasteiger partial charge in [-0.05, 0) is 35.0 Å². The molecule has 0 saturated heterocycles. The first kappa shape index (κ1) is 17.0. The van der Waals surface area contributed by atoms with Crippen LogP contribution in [0.1, 0.15) is 10.4 Å².